The Hall–Kier alpha value is -1.68. The third-order valence-corrected chi connectivity index (χ3v) is 3.12. The average Bonchev–Trinajstić information content (AvgIpc) is 2.78. The monoisotopic (exact) mass is 261 g/mol. The van der Waals surface area contributed by atoms with Crippen LogP contribution >= 0.6 is 0 Å². The van der Waals surface area contributed by atoms with Gasteiger partial charge >= 0.3 is 0 Å². The molecule has 0 fully saturated rings. The van der Waals surface area contributed by atoms with Crippen molar-refractivity contribution in [2.24, 2.45) is 7.05 Å². The highest BCUT2D eigenvalue weighted by atomic mass is 19.1. The van der Waals surface area contributed by atoms with Gasteiger partial charge in [-0.2, -0.15) is 5.10 Å². The number of nitrogens with zero attached hydrogens (tertiary/aromatic N) is 2. The summed E-state index contributed by atoms with van der Waals surface area (Å²) in [5.41, 5.74) is 2.59. The van der Waals surface area contributed by atoms with Crippen molar-refractivity contribution >= 4 is 0 Å². The molecule has 2 rings (SSSR count). The fourth-order valence-corrected chi connectivity index (χ4v) is 2.15. The predicted octanol–water partition coefficient (Wildman–Crippen LogP) is 2.96. The molecule has 0 spiro atoms. The molecule has 1 atom stereocenters. The van der Waals surface area contributed by atoms with Gasteiger partial charge in [0.15, 0.2) is 0 Å². The van der Waals surface area contributed by atoms with Gasteiger partial charge in [-0.1, -0.05) is 19.1 Å². The minimum absolute atomic E-state index is 0.144. The fourth-order valence-electron chi connectivity index (χ4n) is 2.15. The number of hydrogen-bond acceptors (Lipinski definition) is 2. The maximum atomic E-state index is 14.2. The van der Waals surface area contributed by atoms with Gasteiger partial charge < -0.3 is 5.32 Å². The average molecular weight is 261 g/mol. The molecule has 0 saturated heterocycles. The van der Waals surface area contributed by atoms with Crippen molar-refractivity contribution in [3.63, 3.8) is 0 Å². The van der Waals surface area contributed by atoms with Crippen LogP contribution < -0.4 is 5.32 Å². The van der Waals surface area contributed by atoms with Gasteiger partial charge in [0.2, 0.25) is 0 Å². The lowest BCUT2D eigenvalue weighted by Crippen LogP contribution is -2.23. The first-order valence-electron chi connectivity index (χ1n) is 6.59. The molecular weight excluding hydrogens is 241 g/mol. The van der Waals surface area contributed by atoms with Crippen LogP contribution in [0.2, 0.25) is 0 Å². The standard InChI is InChI=1S/C15H20FN3/c1-4-7-17-15(12-9-18-19(3)10-12)13-6-5-11(2)8-14(13)16/h5-6,8-10,15,17H,4,7H2,1-3H3. The lowest BCUT2D eigenvalue weighted by Gasteiger charge is -2.18. The summed E-state index contributed by atoms with van der Waals surface area (Å²) in [4.78, 5) is 0. The summed E-state index contributed by atoms with van der Waals surface area (Å²) < 4.78 is 15.9. The van der Waals surface area contributed by atoms with Crippen LogP contribution in [0.25, 0.3) is 0 Å². The summed E-state index contributed by atoms with van der Waals surface area (Å²) in [7, 11) is 1.87. The summed E-state index contributed by atoms with van der Waals surface area (Å²) in [5, 5.41) is 7.55. The maximum absolute atomic E-state index is 14.2. The molecule has 3 nitrogen and oxygen atoms in total. The Morgan fingerprint density at radius 3 is 2.79 bits per heavy atom. The van der Waals surface area contributed by atoms with E-state index < -0.39 is 0 Å². The number of aromatic nitrogens is 2. The van der Waals surface area contributed by atoms with Crippen molar-refractivity contribution in [2.45, 2.75) is 26.3 Å². The number of benzene rings is 1. The van der Waals surface area contributed by atoms with Crippen LogP contribution in [0, 0.1) is 12.7 Å². The van der Waals surface area contributed by atoms with Gasteiger partial charge in [-0.15, -0.1) is 0 Å². The molecule has 0 amide bonds. The molecule has 1 aromatic heterocycles. The second-order valence-corrected chi connectivity index (χ2v) is 4.86. The number of halogens is 1. The van der Waals surface area contributed by atoms with E-state index in [9.17, 15) is 4.39 Å². The number of rotatable bonds is 5. The second kappa shape index (κ2) is 5.97. The highest BCUT2D eigenvalue weighted by Crippen LogP contribution is 2.24. The Labute approximate surface area is 113 Å². The molecule has 0 aliphatic rings. The lowest BCUT2D eigenvalue weighted by molar-refractivity contribution is 0.546. The second-order valence-electron chi connectivity index (χ2n) is 4.86. The normalized spacial score (nSPS) is 12.6. The topological polar surface area (TPSA) is 29.9 Å². The van der Waals surface area contributed by atoms with Crippen LogP contribution in [0.4, 0.5) is 4.39 Å². The number of nitrogens with one attached hydrogen (secondary N) is 1. The van der Waals surface area contributed by atoms with E-state index in [0.717, 1.165) is 24.1 Å². The largest absolute Gasteiger partial charge is 0.306 e. The zero-order valence-corrected chi connectivity index (χ0v) is 11.7. The fraction of sp³-hybridized carbons (Fsp3) is 0.400. The quantitative estimate of drug-likeness (QED) is 0.896. The van der Waals surface area contributed by atoms with Crippen molar-refractivity contribution in [1.82, 2.24) is 15.1 Å². The SMILES string of the molecule is CCCNC(c1cnn(C)c1)c1ccc(C)cc1F. The molecule has 1 heterocycles. The van der Waals surface area contributed by atoms with E-state index in [1.54, 1.807) is 16.9 Å². The van der Waals surface area contributed by atoms with Gasteiger partial charge in [0.25, 0.3) is 0 Å². The minimum Gasteiger partial charge on any atom is -0.306 e. The number of aryl methyl sites for hydroxylation is 2. The molecule has 1 unspecified atom stereocenters. The van der Waals surface area contributed by atoms with Gasteiger partial charge in [-0.25, -0.2) is 4.39 Å². The van der Waals surface area contributed by atoms with Gasteiger partial charge in [0.05, 0.1) is 12.2 Å². The van der Waals surface area contributed by atoms with Crippen LogP contribution in [0.15, 0.2) is 30.6 Å². The molecule has 0 radical (unpaired) electrons. The Bertz CT molecular complexity index is 548. The van der Waals surface area contributed by atoms with Gasteiger partial charge in [-0.05, 0) is 31.5 Å². The van der Waals surface area contributed by atoms with Crippen molar-refractivity contribution in [2.75, 3.05) is 6.54 Å². The van der Waals surface area contributed by atoms with E-state index in [0.29, 0.717) is 5.56 Å². The Kier molecular flexibility index (Phi) is 4.32. The summed E-state index contributed by atoms with van der Waals surface area (Å²) in [6.45, 7) is 4.83. The maximum Gasteiger partial charge on any atom is 0.128 e. The van der Waals surface area contributed by atoms with Gasteiger partial charge in [0, 0.05) is 24.4 Å². The van der Waals surface area contributed by atoms with Gasteiger partial charge in [0.1, 0.15) is 5.82 Å². The first-order valence-corrected chi connectivity index (χ1v) is 6.59. The van der Waals surface area contributed by atoms with E-state index >= 15 is 0 Å². The molecule has 1 N–H and O–H groups in total. The molecule has 0 aliphatic heterocycles. The van der Waals surface area contributed by atoms with Crippen LogP contribution in [-0.2, 0) is 7.05 Å². The summed E-state index contributed by atoms with van der Waals surface area (Å²) in [6, 6.07) is 5.22. The smallest absolute Gasteiger partial charge is 0.128 e. The zero-order valence-electron chi connectivity index (χ0n) is 11.7. The minimum atomic E-state index is -0.169. The van der Waals surface area contributed by atoms with Crippen LogP contribution in [0.5, 0.6) is 0 Å². The Morgan fingerprint density at radius 2 is 2.21 bits per heavy atom. The van der Waals surface area contributed by atoms with Crippen LogP contribution in [0.1, 0.15) is 36.1 Å². The van der Waals surface area contributed by atoms with E-state index in [2.05, 4.69) is 17.3 Å². The first kappa shape index (κ1) is 13.7. The molecule has 0 aliphatic carbocycles. The Morgan fingerprint density at radius 1 is 1.42 bits per heavy atom. The van der Waals surface area contributed by atoms with Crippen LogP contribution in [0.3, 0.4) is 0 Å². The third-order valence-electron chi connectivity index (χ3n) is 3.12. The predicted molar refractivity (Wildman–Crippen MR) is 74.5 cm³/mol. The van der Waals surface area contributed by atoms with E-state index in [1.165, 1.54) is 0 Å². The van der Waals surface area contributed by atoms with Crippen molar-refractivity contribution in [3.05, 3.63) is 53.1 Å². The summed E-state index contributed by atoms with van der Waals surface area (Å²) >= 11 is 0. The van der Waals surface area contributed by atoms with Crippen LogP contribution in [-0.4, -0.2) is 16.3 Å². The van der Waals surface area contributed by atoms with E-state index in [-0.39, 0.29) is 11.9 Å². The molecule has 0 saturated carbocycles. The summed E-state index contributed by atoms with van der Waals surface area (Å²) in [6.07, 6.45) is 4.71. The zero-order chi connectivity index (χ0) is 13.8. The number of hydrogen-bond donors (Lipinski definition) is 1. The molecule has 102 valence electrons. The van der Waals surface area contributed by atoms with Crippen molar-refractivity contribution < 1.29 is 4.39 Å². The van der Waals surface area contributed by atoms with E-state index in [1.807, 2.05) is 32.3 Å². The highest BCUT2D eigenvalue weighted by Gasteiger charge is 2.18. The summed E-state index contributed by atoms with van der Waals surface area (Å²) in [5.74, 6) is -0.169. The van der Waals surface area contributed by atoms with E-state index in [4.69, 9.17) is 0 Å². The molecule has 1 aromatic carbocycles. The van der Waals surface area contributed by atoms with Crippen molar-refractivity contribution in [1.29, 1.82) is 0 Å². The molecule has 0 bridgehead atoms. The molecule has 2 aromatic rings. The van der Waals surface area contributed by atoms with Gasteiger partial charge in [-0.3, -0.25) is 4.68 Å². The molecule has 19 heavy (non-hydrogen) atoms. The lowest BCUT2D eigenvalue weighted by atomic mass is 9.99. The first-order chi connectivity index (χ1) is 9.11. The third kappa shape index (κ3) is 3.20. The van der Waals surface area contributed by atoms with Crippen molar-refractivity contribution in [3.8, 4) is 0 Å². The molecular formula is C15H20FN3. The highest BCUT2D eigenvalue weighted by molar-refractivity contribution is 5.32. The Balaban J connectivity index is 2.36. The molecule has 4 heteroatoms.